The van der Waals surface area contributed by atoms with E-state index in [1.807, 2.05) is 73.0 Å². The first kappa shape index (κ1) is 34.4. The molecule has 2 aliphatic rings. The molecule has 2 saturated heterocycles. The molecule has 256 valence electrons. The summed E-state index contributed by atoms with van der Waals surface area (Å²) in [7, 11) is 0. The largest absolute Gasteiger partial charge is 0.448 e. The topological polar surface area (TPSA) is 92.2 Å². The number of rotatable bonds is 8. The summed E-state index contributed by atoms with van der Waals surface area (Å²) in [5.41, 5.74) is 3.67. The molecule has 0 N–H and O–H groups in total. The molecule has 0 bridgehead atoms. The smallest absolute Gasteiger partial charge is 0.344 e. The maximum atomic E-state index is 15.7. The number of pyridine rings is 1. The van der Waals surface area contributed by atoms with Crippen LogP contribution < -0.4 is 15.2 Å². The summed E-state index contributed by atoms with van der Waals surface area (Å²) < 4.78 is 24.0. The van der Waals surface area contributed by atoms with E-state index >= 15 is 4.39 Å². The first-order chi connectivity index (χ1) is 23.5. The molecule has 3 heterocycles. The van der Waals surface area contributed by atoms with Gasteiger partial charge in [-0.05, 0) is 81.0 Å². The zero-order chi connectivity index (χ0) is 34.8. The van der Waals surface area contributed by atoms with Gasteiger partial charge in [0.15, 0.2) is 6.10 Å². The van der Waals surface area contributed by atoms with Crippen molar-refractivity contribution >= 4 is 56.0 Å². The minimum atomic E-state index is -1.04. The summed E-state index contributed by atoms with van der Waals surface area (Å²) in [5, 5.41) is 0.0602. The Morgan fingerprint density at radius 3 is 2.33 bits per heavy atom. The van der Waals surface area contributed by atoms with Gasteiger partial charge in [-0.3, -0.25) is 14.4 Å². The number of halogens is 2. The van der Waals surface area contributed by atoms with Crippen molar-refractivity contribution in [1.29, 1.82) is 0 Å². The van der Waals surface area contributed by atoms with Gasteiger partial charge in [0.05, 0.1) is 11.2 Å². The summed E-state index contributed by atoms with van der Waals surface area (Å²) >= 11 is 3.50. The van der Waals surface area contributed by atoms with Crippen molar-refractivity contribution in [2.24, 2.45) is 0 Å². The second-order valence-corrected chi connectivity index (χ2v) is 13.7. The molecule has 2 fully saturated rings. The summed E-state index contributed by atoms with van der Waals surface area (Å²) in [4.78, 5) is 58.9. The van der Waals surface area contributed by atoms with E-state index in [4.69, 9.17) is 4.74 Å². The van der Waals surface area contributed by atoms with E-state index in [9.17, 15) is 19.2 Å². The number of fused-ring (bicyclic) bond motifs is 1. The number of amides is 2. The molecule has 0 spiro atoms. The van der Waals surface area contributed by atoms with Crippen molar-refractivity contribution in [3.63, 3.8) is 0 Å². The van der Waals surface area contributed by atoms with E-state index in [1.165, 1.54) is 12.3 Å². The molecule has 3 aromatic carbocycles. The molecule has 11 heteroatoms. The normalized spacial score (nSPS) is 16.7. The highest BCUT2D eigenvalue weighted by atomic mass is 79.9. The van der Waals surface area contributed by atoms with Crippen LogP contribution in [0.25, 0.3) is 10.9 Å². The fourth-order valence-corrected chi connectivity index (χ4v) is 7.68. The molecule has 0 aliphatic carbocycles. The lowest BCUT2D eigenvalue weighted by Gasteiger charge is -2.36. The van der Waals surface area contributed by atoms with Crippen LogP contribution in [0.4, 0.5) is 15.8 Å². The Balaban J connectivity index is 1.17. The third kappa shape index (κ3) is 7.13. The number of aromatic nitrogens is 1. The van der Waals surface area contributed by atoms with Gasteiger partial charge in [-0.15, -0.1) is 0 Å². The highest BCUT2D eigenvalue weighted by molar-refractivity contribution is 9.10. The predicted octanol–water partition coefficient (Wildman–Crippen LogP) is 6.17. The first-order valence-electron chi connectivity index (χ1n) is 16.8. The number of aryl methyl sites for hydroxylation is 4. The third-order valence-corrected chi connectivity index (χ3v) is 9.98. The second-order valence-electron chi connectivity index (χ2n) is 12.7. The minimum Gasteiger partial charge on any atom is -0.448 e. The zero-order valence-electron chi connectivity index (χ0n) is 28.0. The van der Waals surface area contributed by atoms with Crippen LogP contribution >= 0.6 is 15.9 Å². The molecule has 1 unspecified atom stereocenters. The first-order valence-corrected chi connectivity index (χ1v) is 17.6. The van der Waals surface area contributed by atoms with Crippen LogP contribution in [0.1, 0.15) is 53.2 Å². The second kappa shape index (κ2) is 14.5. The van der Waals surface area contributed by atoms with Gasteiger partial charge in [-0.25, -0.2) is 9.18 Å². The quantitative estimate of drug-likeness (QED) is 0.202. The number of piperidine rings is 1. The van der Waals surface area contributed by atoms with Gasteiger partial charge >= 0.3 is 5.97 Å². The van der Waals surface area contributed by atoms with Gasteiger partial charge in [0.2, 0.25) is 11.3 Å². The van der Waals surface area contributed by atoms with Gasteiger partial charge < -0.3 is 24.0 Å². The maximum Gasteiger partial charge on any atom is 0.344 e. The average Bonchev–Trinajstić information content (AvgIpc) is 3.09. The average molecular weight is 732 g/mol. The van der Waals surface area contributed by atoms with Crippen LogP contribution in [0.2, 0.25) is 0 Å². The Bertz CT molecular complexity index is 1950. The van der Waals surface area contributed by atoms with Gasteiger partial charge in [0.25, 0.3) is 5.91 Å². The molecular weight excluding hydrogens is 691 g/mol. The van der Waals surface area contributed by atoms with E-state index in [2.05, 4.69) is 15.9 Å². The van der Waals surface area contributed by atoms with Crippen LogP contribution in [-0.4, -0.2) is 66.1 Å². The highest BCUT2D eigenvalue weighted by Gasteiger charge is 2.35. The maximum absolute atomic E-state index is 15.7. The van der Waals surface area contributed by atoms with Crippen LogP contribution in [0.5, 0.6) is 0 Å². The molecule has 9 nitrogen and oxygen atoms in total. The lowest BCUT2D eigenvalue weighted by Crippen LogP contribution is -2.49. The van der Waals surface area contributed by atoms with Crippen LogP contribution in [0, 0.1) is 19.7 Å². The Morgan fingerprint density at radius 1 is 0.959 bits per heavy atom. The SMILES string of the molecule is CCn1cc(C(=O)OC2CCCN(c3c(C)cc(Br)cc3C)C2=O)c(=O)c2cc(F)c(N3CCN(C(=O)CCc4ccccc4)CC3)cc21. The summed E-state index contributed by atoms with van der Waals surface area (Å²) in [5.74, 6) is -1.75. The number of piperazine rings is 1. The molecule has 6 rings (SSSR count). The molecular formula is C38H40BrFN4O5. The molecule has 4 aromatic rings. The third-order valence-electron chi connectivity index (χ3n) is 9.52. The summed E-state index contributed by atoms with van der Waals surface area (Å²) in [6.45, 7) is 8.46. The summed E-state index contributed by atoms with van der Waals surface area (Å²) in [6.07, 6.45) is 2.45. The Morgan fingerprint density at radius 2 is 1.65 bits per heavy atom. The van der Waals surface area contributed by atoms with Crippen molar-refractivity contribution in [1.82, 2.24) is 9.47 Å². The van der Waals surface area contributed by atoms with Gasteiger partial charge in [0.1, 0.15) is 11.4 Å². The fourth-order valence-electron chi connectivity index (χ4n) is 6.99. The number of carbonyl (C=O) groups is 3. The number of ether oxygens (including phenoxy) is 1. The van der Waals surface area contributed by atoms with Crippen LogP contribution in [0.15, 0.2) is 70.1 Å². The number of nitrogens with zero attached hydrogens (tertiary/aromatic N) is 4. The number of hydrogen-bond acceptors (Lipinski definition) is 6. The van der Waals surface area contributed by atoms with Crippen molar-refractivity contribution in [2.75, 3.05) is 42.5 Å². The Hall–Kier alpha value is -4.51. The van der Waals surface area contributed by atoms with Crippen molar-refractivity contribution in [3.05, 3.63) is 104 Å². The van der Waals surface area contributed by atoms with Gasteiger partial charge in [-0.2, -0.15) is 0 Å². The Labute approximate surface area is 293 Å². The van der Waals surface area contributed by atoms with Crippen molar-refractivity contribution in [3.8, 4) is 0 Å². The minimum absolute atomic E-state index is 0.0602. The number of benzene rings is 3. The monoisotopic (exact) mass is 730 g/mol. The number of esters is 1. The van der Waals surface area contributed by atoms with E-state index in [1.54, 1.807) is 15.5 Å². The number of carbonyl (C=O) groups excluding carboxylic acids is 3. The molecule has 0 radical (unpaired) electrons. The lowest BCUT2D eigenvalue weighted by molar-refractivity contribution is -0.131. The van der Waals surface area contributed by atoms with E-state index < -0.39 is 23.3 Å². The molecule has 49 heavy (non-hydrogen) atoms. The van der Waals surface area contributed by atoms with Crippen molar-refractivity contribution < 1.29 is 23.5 Å². The predicted molar refractivity (Wildman–Crippen MR) is 192 cm³/mol. The standard InChI is InChI=1S/C38H40BrFN4O5/c1-4-41-23-29(38(48)49-33-11-8-14-44(37(33)47)35-24(2)19-27(39)20-25(35)3)36(46)28-21-30(40)32(22-31(28)41)42-15-17-43(18-16-42)34(45)13-12-26-9-6-5-7-10-26/h5-7,9-10,19-23,33H,4,8,11-18H2,1-3H3. The van der Waals surface area contributed by atoms with Gasteiger partial charge in [0, 0.05) is 67.4 Å². The van der Waals surface area contributed by atoms with E-state index in [0.717, 1.165) is 26.9 Å². The van der Waals surface area contributed by atoms with E-state index in [0.29, 0.717) is 76.2 Å². The van der Waals surface area contributed by atoms with Crippen LogP contribution in [0.3, 0.4) is 0 Å². The number of anilines is 2. The molecule has 1 atom stereocenters. The highest BCUT2D eigenvalue weighted by Crippen LogP contribution is 2.32. The Kier molecular flexibility index (Phi) is 10.2. The summed E-state index contributed by atoms with van der Waals surface area (Å²) in [6, 6.07) is 16.6. The fraction of sp³-hybridized carbons (Fsp3) is 0.368. The van der Waals surface area contributed by atoms with E-state index in [-0.39, 0.29) is 22.8 Å². The lowest BCUT2D eigenvalue weighted by atomic mass is 10.0. The zero-order valence-corrected chi connectivity index (χ0v) is 29.6. The molecule has 2 amide bonds. The van der Waals surface area contributed by atoms with Crippen LogP contribution in [-0.2, 0) is 27.3 Å². The van der Waals surface area contributed by atoms with Gasteiger partial charge in [-0.1, -0.05) is 46.3 Å². The molecule has 1 aromatic heterocycles. The van der Waals surface area contributed by atoms with Crippen molar-refractivity contribution in [2.45, 2.75) is 59.1 Å². The molecule has 0 saturated carbocycles. The molecule has 2 aliphatic heterocycles. The number of hydrogen-bond donors (Lipinski definition) is 0.